The van der Waals surface area contributed by atoms with E-state index < -0.39 is 59.4 Å². The molecule has 45 heavy (non-hydrogen) atoms. The molecule has 0 fully saturated rings. The number of nitrogens with two attached hydrogens (primary N) is 1. The first-order valence-electron chi connectivity index (χ1n) is 13.2. The van der Waals surface area contributed by atoms with Gasteiger partial charge in [-0.1, -0.05) is 0 Å². The van der Waals surface area contributed by atoms with E-state index in [-0.39, 0.29) is 45.6 Å². The molecule has 2 amide bonds. The van der Waals surface area contributed by atoms with Crippen molar-refractivity contribution in [1.29, 1.82) is 0 Å². The molecule has 2 aromatic heterocycles. The Hall–Kier alpha value is -4.92. The summed E-state index contributed by atoms with van der Waals surface area (Å²) in [6, 6.07) is 8.91. The zero-order chi connectivity index (χ0) is 32.9. The third-order valence-corrected chi connectivity index (χ3v) is 7.49. The minimum absolute atomic E-state index is 0.0142. The van der Waals surface area contributed by atoms with Crippen LogP contribution in [0.25, 0.3) is 22.2 Å². The van der Waals surface area contributed by atoms with Crippen molar-refractivity contribution in [2.24, 2.45) is 5.73 Å². The number of halogens is 6. The van der Waals surface area contributed by atoms with Crippen molar-refractivity contribution >= 4 is 22.7 Å². The number of fused-ring (bicyclic) bond motifs is 2. The number of ether oxygens (including phenoxy) is 2. The molecule has 2 atom stereocenters. The lowest BCUT2D eigenvalue weighted by Gasteiger charge is -2.31. The van der Waals surface area contributed by atoms with Gasteiger partial charge >= 0.3 is 12.8 Å². The highest BCUT2D eigenvalue weighted by Crippen LogP contribution is 2.47. The molecule has 2 unspecified atom stereocenters. The predicted octanol–water partition coefficient (Wildman–Crippen LogP) is 4.66. The van der Waals surface area contributed by atoms with Crippen LogP contribution in [0.1, 0.15) is 34.1 Å². The summed E-state index contributed by atoms with van der Waals surface area (Å²) in [6.07, 6.45) is -4.08. The maximum Gasteiger partial charge on any atom is 0.424 e. The number of carbonyl (C=O) groups excluding carboxylic acids is 2. The Balaban J connectivity index is 1.58. The number of benzene rings is 2. The van der Waals surface area contributed by atoms with Crippen molar-refractivity contribution in [3.63, 3.8) is 0 Å². The fraction of sp³-hybridized carbons (Fsp3) is 0.267. The van der Waals surface area contributed by atoms with Crippen LogP contribution in [0.2, 0.25) is 0 Å². The van der Waals surface area contributed by atoms with Crippen LogP contribution in [0, 0.1) is 12.7 Å². The predicted molar refractivity (Wildman–Crippen MR) is 147 cm³/mol. The molecular formula is C30H24F6N4O5. The number of hydrogen-bond acceptors (Lipinski definition) is 7. The van der Waals surface area contributed by atoms with Crippen LogP contribution in [-0.2, 0) is 15.8 Å². The molecule has 0 spiro atoms. The summed E-state index contributed by atoms with van der Waals surface area (Å²) < 4.78 is 93.9. The molecule has 3 heterocycles. The van der Waals surface area contributed by atoms with Crippen LogP contribution < -0.4 is 20.5 Å². The number of hydrogen-bond donors (Lipinski definition) is 3. The van der Waals surface area contributed by atoms with Gasteiger partial charge in [-0.25, -0.2) is 9.37 Å². The normalized spacial score (nSPS) is 17.5. The van der Waals surface area contributed by atoms with E-state index in [2.05, 4.69) is 14.7 Å². The highest BCUT2D eigenvalue weighted by Gasteiger charge is 2.57. The number of nitrogens with zero attached hydrogens (tertiary/aromatic N) is 2. The molecule has 0 aliphatic carbocycles. The average molecular weight is 635 g/mol. The van der Waals surface area contributed by atoms with Crippen molar-refractivity contribution in [3.8, 4) is 22.8 Å². The fourth-order valence-corrected chi connectivity index (χ4v) is 4.89. The third-order valence-electron chi connectivity index (χ3n) is 7.49. The maximum atomic E-state index is 14.7. The smallest absolute Gasteiger partial charge is 0.424 e. The number of amides is 2. The van der Waals surface area contributed by atoms with Gasteiger partial charge in [0, 0.05) is 28.3 Å². The number of alkyl halides is 5. The number of carbonyl (C=O) groups is 2. The van der Waals surface area contributed by atoms with E-state index in [4.69, 9.17) is 10.5 Å². The highest BCUT2D eigenvalue weighted by atomic mass is 19.4. The zero-order valence-corrected chi connectivity index (χ0v) is 23.5. The average Bonchev–Trinajstić information content (AvgIpc) is 3.32. The van der Waals surface area contributed by atoms with Crippen LogP contribution in [0.5, 0.6) is 11.5 Å². The molecule has 1 aliphatic heterocycles. The van der Waals surface area contributed by atoms with Gasteiger partial charge in [0.15, 0.2) is 5.75 Å². The summed E-state index contributed by atoms with van der Waals surface area (Å²) in [6.45, 7) is -2.15. The number of aliphatic hydroxyl groups is 1. The molecule has 4 N–H and O–H groups in total. The Bertz CT molecular complexity index is 1820. The monoisotopic (exact) mass is 634 g/mol. The van der Waals surface area contributed by atoms with Gasteiger partial charge in [0.1, 0.15) is 34.8 Å². The van der Waals surface area contributed by atoms with Gasteiger partial charge in [-0.3, -0.25) is 14.6 Å². The van der Waals surface area contributed by atoms with Crippen LogP contribution in [0.15, 0.2) is 54.7 Å². The molecule has 5 rings (SSSR count). The van der Waals surface area contributed by atoms with Crippen molar-refractivity contribution in [3.05, 3.63) is 82.9 Å². The first kappa shape index (κ1) is 31.5. The maximum absolute atomic E-state index is 14.7. The summed E-state index contributed by atoms with van der Waals surface area (Å²) in [5.41, 5.74) is -0.978. The minimum atomic E-state index is -5.46. The zero-order valence-electron chi connectivity index (χ0n) is 23.5. The quantitative estimate of drug-likeness (QED) is 0.240. The van der Waals surface area contributed by atoms with Crippen LogP contribution in [0.3, 0.4) is 0 Å². The van der Waals surface area contributed by atoms with Gasteiger partial charge < -0.3 is 25.6 Å². The number of nitrogens with one attached hydrogen (secondary N) is 1. The molecule has 2 aromatic carbocycles. The molecule has 0 saturated carbocycles. The largest absolute Gasteiger partial charge is 0.489 e. The fourth-order valence-electron chi connectivity index (χ4n) is 4.89. The second kappa shape index (κ2) is 11.2. The van der Waals surface area contributed by atoms with Gasteiger partial charge in [-0.2, -0.15) is 22.0 Å². The van der Waals surface area contributed by atoms with Gasteiger partial charge in [0.05, 0.1) is 12.2 Å². The van der Waals surface area contributed by atoms with Gasteiger partial charge in [0.2, 0.25) is 11.5 Å². The third kappa shape index (κ3) is 5.70. The lowest BCUT2D eigenvalue weighted by Crippen LogP contribution is -2.51. The topological polar surface area (TPSA) is 137 Å². The summed E-state index contributed by atoms with van der Waals surface area (Å²) in [5, 5.41) is 13.4. The van der Waals surface area contributed by atoms with Crippen molar-refractivity contribution in [1.82, 2.24) is 15.3 Å². The summed E-state index contributed by atoms with van der Waals surface area (Å²) in [5.74, 6) is -3.34. The Morgan fingerprint density at radius 2 is 1.84 bits per heavy atom. The number of aryl methyl sites for hydroxylation is 1. The lowest BCUT2D eigenvalue weighted by atomic mass is 9.81. The molecule has 0 bridgehead atoms. The molecule has 4 aromatic rings. The second-order valence-electron chi connectivity index (χ2n) is 10.7. The summed E-state index contributed by atoms with van der Waals surface area (Å²) in [7, 11) is 0. The Morgan fingerprint density at radius 1 is 1.16 bits per heavy atom. The molecule has 236 valence electrons. The second-order valence-corrected chi connectivity index (χ2v) is 10.7. The van der Waals surface area contributed by atoms with E-state index in [0.29, 0.717) is 5.56 Å². The first-order valence-corrected chi connectivity index (χ1v) is 13.2. The van der Waals surface area contributed by atoms with Gasteiger partial charge in [0.25, 0.3) is 5.91 Å². The van der Waals surface area contributed by atoms with E-state index in [9.17, 15) is 41.0 Å². The van der Waals surface area contributed by atoms with Gasteiger partial charge in [-0.15, -0.1) is 0 Å². The van der Waals surface area contributed by atoms with Crippen molar-refractivity contribution in [2.45, 2.75) is 37.7 Å². The van der Waals surface area contributed by atoms with E-state index in [0.717, 1.165) is 24.3 Å². The molecule has 15 heteroatoms. The van der Waals surface area contributed by atoms with E-state index in [1.54, 1.807) is 6.92 Å². The number of rotatable bonds is 8. The first-order chi connectivity index (χ1) is 21.0. The Labute approximate surface area is 251 Å². The van der Waals surface area contributed by atoms with Crippen LogP contribution >= 0.6 is 0 Å². The van der Waals surface area contributed by atoms with E-state index >= 15 is 0 Å². The number of primary amides is 1. The molecule has 1 aliphatic rings. The lowest BCUT2D eigenvalue weighted by molar-refractivity contribution is -0.265. The summed E-state index contributed by atoms with van der Waals surface area (Å²) >= 11 is 0. The Kier molecular flexibility index (Phi) is 7.85. The van der Waals surface area contributed by atoms with E-state index in [1.165, 1.54) is 37.4 Å². The van der Waals surface area contributed by atoms with Gasteiger partial charge in [-0.05, 0) is 67.9 Å². The molecular weight excluding hydrogens is 610 g/mol. The Morgan fingerprint density at radius 3 is 2.47 bits per heavy atom. The SMILES string of the molecule is Cc1cnc2c(OC(F)F)cc(C(=O)NCC(O)(c3cc4c(c(-c5ccc(F)cc5)n3)OCC4(C)C(N)=O)C(F)(F)F)cc2c1. The minimum Gasteiger partial charge on any atom is -0.489 e. The highest BCUT2D eigenvalue weighted by molar-refractivity contribution is 6.00. The van der Waals surface area contributed by atoms with Crippen molar-refractivity contribution < 1.29 is 50.5 Å². The van der Waals surface area contributed by atoms with Crippen LogP contribution in [0.4, 0.5) is 26.3 Å². The van der Waals surface area contributed by atoms with Crippen LogP contribution in [-0.4, -0.2) is 52.8 Å². The van der Waals surface area contributed by atoms with E-state index in [1.807, 2.05) is 5.32 Å². The molecule has 0 saturated heterocycles. The molecule has 0 radical (unpaired) electrons. The molecule has 9 nitrogen and oxygen atoms in total. The standard InChI is InChI=1S/C30H24F6N4O5/c1-14-7-16-8-17(9-20(45-27(32)33)22(16)38-11-14)25(41)39-12-29(43,30(34,35)36)21-10-19-24(44-13-28(19,2)26(37)42)23(40-21)15-3-5-18(31)6-4-15/h3-11,27,43H,12-13H2,1-2H3,(H2,37,42)(H,39,41). The number of pyridine rings is 2. The van der Waals surface area contributed by atoms with Crippen molar-refractivity contribution in [2.75, 3.05) is 13.2 Å². The summed E-state index contributed by atoms with van der Waals surface area (Å²) in [4.78, 5) is 33.6. The number of aromatic nitrogens is 2.